The molecule has 1 rings (SSSR count). The molecule has 0 atom stereocenters. The molecule has 1 aromatic carbocycles. The van der Waals surface area contributed by atoms with Crippen LogP contribution in [0.1, 0.15) is 18.1 Å². The monoisotopic (exact) mass is 306 g/mol. The number of alkyl halides is 1. The predicted molar refractivity (Wildman–Crippen MR) is 62.1 cm³/mol. The molecular weight excluding hydrogens is 296 g/mol. The van der Waals surface area contributed by atoms with E-state index in [0.29, 0.717) is 6.61 Å². The van der Waals surface area contributed by atoms with Crippen LogP contribution in [0, 0.1) is 0 Å². The van der Waals surface area contributed by atoms with E-state index in [-0.39, 0.29) is 0 Å². The van der Waals surface area contributed by atoms with Crippen LogP contribution in [0.2, 0.25) is 0 Å². The highest BCUT2D eigenvalue weighted by Gasteiger charge is 2.00. The maximum atomic E-state index is 5.35. The smallest absolute Gasteiger partial charge is 0.0727 e. The van der Waals surface area contributed by atoms with Gasteiger partial charge in [0.05, 0.1) is 6.61 Å². The van der Waals surface area contributed by atoms with Crippen molar-refractivity contribution in [1.82, 2.24) is 0 Å². The van der Waals surface area contributed by atoms with Gasteiger partial charge in [-0.15, -0.1) is 0 Å². The Bertz CT molecular complexity index is 274. The summed E-state index contributed by atoms with van der Waals surface area (Å²) >= 11 is 6.92. The molecule has 0 bridgehead atoms. The van der Waals surface area contributed by atoms with Crippen LogP contribution in [-0.2, 0) is 16.7 Å². The van der Waals surface area contributed by atoms with Gasteiger partial charge in [-0.1, -0.05) is 44.0 Å². The third-order valence-electron chi connectivity index (χ3n) is 1.73. The molecule has 0 aromatic heterocycles. The molecular formula is C10H12Br2O. The lowest BCUT2D eigenvalue weighted by atomic mass is 10.1. The zero-order valence-electron chi connectivity index (χ0n) is 7.52. The highest BCUT2D eigenvalue weighted by atomic mass is 79.9. The van der Waals surface area contributed by atoms with Gasteiger partial charge >= 0.3 is 0 Å². The van der Waals surface area contributed by atoms with Crippen LogP contribution in [0.15, 0.2) is 22.7 Å². The molecule has 3 heteroatoms. The summed E-state index contributed by atoms with van der Waals surface area (Å²) in [5, 5.41) is 0.888. The summed E-state index contributed by atoms with van der Waals surface area (Å²) in [5.41, 5.74) is 2.48. The summed E-state index contributed by atoms with van der Waals surface area (Å²) in [4.78, 5) is 0. The zero-order valence-corrected chi connectivity index (χ0v) is 10.7. The van der Waals surface area contributed by atoms with E-state index in [9.17, 15) is 0 Å². The third-order valence-corrected chi connectivity index (χ3v) is 3.15. The zero-order chi connectivity index (χ0) is 9.68. The first-order valence-electron chi connectivity index (χ1n) is 4.19. The van der Waals surface area contributed by atoms with Gasteiger partial charge in [0, 0.05) is 16.4 Å². The molecule has 0 aliphatic rings. The average Bonchev–Trinajstić information content (AvgIpc) is 2.17. The summed E-state index contributed by atoms with van der Waals surface area (Å²) in [7, 11) is 0. The summed E-state index contributed by atoms with van der Waals surface area (Å²) in [5.74, 6) is 0. The molecule has 0 aliphatic carbocycles. The molecule has 72 valence electrons. The van der Waals surface area contributed by atoms with Crippen LogP contribution in [0.5, 0.6) is 0 Å². The van der Waals surface area contributed by atoms with Crippen LogP contribution in [0.4, 0.5) is 0 Å². The van der Waals surface area contributed by atoms with Crippen molar-refractivity contribution in [2.45, 2.75) is 18.9 Å². The largest absolute Gasteiger partial charge is 0.377 e. The normalized spacial score (nSPS) is 10.4. The molecule has 0 radical (unpaired) electrons. The Kier molecular flexibility index (Phi) is 4.99. The van der Waals surface area contributed by atoms with Crippen molar-refractivity contribution in [3.05, 3.63) is 33.8 Å². The van der Waals surface area contributed by atoms with E-state index in [4.69, 9.17) is 4.74 Å². The second kappa shape index (κ2) is 5.78. The van der Waals surface area contributed by atoms with Gasteiger partial charge in [-0.05, 0) is 24.1 Å². The Morgan fingerprint density at radius 3 is 2.77 bits per heavy atom. The van der Waals surface area contributed by atoms with E-state index in [1.807, 2.05) is 6.92 Å². The van der Waals surface area contributed by atoms with Gasteiger partial charge < -0.3 is 4.74 Å². The van der Waals surface area contributed by atoms with E-state index in [1.54, 1.807) is 0 Å². The van der Waals surface area contributed by atoms with Crippen molar-refractivity contribution in [3.63, 3.8) is 0 Å². The van der Waals surface area contributed by atoms with E-state index in [0.717, 1.165) is 16.4 Å². The van der Waals surface area contributed by atoms with Gasteiger partial charge in [0.2, 0.25) is 0 Å². The first-order valence-corrected chi connectivity index (χ1v) is 6.10. The highest BCUT2D eigenvalue weighted by Crippen LogP contribution is 2.20. The van der Waals surface area contributed by atoms with Crippen LogP contribution in [0.3, 0.4) is 0 Å². The Morgan fingerprint density at radius 2 is 2.15 bits per heavy atom. The first-order chi connectivity index (χ1) is 6.27. The van der Waals surface area contributed by atoms with Crippen LogP contribution >= 0.6 is 31.9 Å². The van der Waals surface area contributed by atoms with Crippen molar-refractivity contribution in [3.8, 4) is 0 Å². The number of halogens is 2. The molecule has 1 nitrogen and oxygen atoms in total. The van der Waals surface area contributed by atoms with Gasteiger partial charge in [0.15, 0.2) is 0 Å². The number of rotatable bonds is 4. The lowest BCUT2D eigenvalue weighted by Gasteiger charge is -2.06. The molecule has 0 saturated heterocycles. The fraction of sp³-hybridized carbons (Fsp3) is 0.400. The maximum absolute atomic E-state index is 5.35. The first kappa shape index (κ1) is 11.2. The molecule has 0 unspecified atom stereocenters. The Morgan fingerprint density at radius 1 is 1.38 bits per heavy atom. The molecule has 0 N–H and O–H groups in total. The fourth-order valence-corrected chi connectivity index (χ4v) is 1.74. The van der Waals surface area contributed by atoms with Gasteiger partial charge in [0.25, 0.3) is 0 Å². The van der Waals surface area contributed by atoms with Crippen molar-refractivity contribution < 1.29 is 4.74 Å². The van der Waals surface area contributed by atoms with E-state index >= 15 is 0 Å². The van der Waals surface area contributed by atoms with Crippen LogP contribution < -0.4 is 0 Å². The number of hydrogen-bond donors (Lipinski definition) is 0. The number of benzene rings is 1. The van der Waals surface area contributed by atoms with Crippen molar-refractivity contribution in [2.75, 3.05) is 6.61 Å². The quantitative estimate of drug-likeness (QED) is 0.767. The Balaban J connectivity index is 2.78. The summed E-state index contributed by atoms with van der Waals surface area (Å²) in [6.07, 6.45) is 0. The average molecular weight is 308 g/mol. The van der Waals surface area contributed by atoms with E-state index in [1.165, 1.54) is 11.1 Å². The van der Waals surface area contributed by atoms with Crippen molar-refractivity contribution in [1.29, 1.82) is 0 Å². The Hall–Kier alpha value is 0.140. The van der Waals surface area contributed by atoms with Gasteiger partial charge in [-0.3, -0.25) is 0 Å². The summed E-state index contributed by atoms with van der Waals surface area (Å²) in [6.45, 7) is 3.44. The predicted octanol–water partition coefficient (Wildman–Crippen LogP) is 3.88. The molecule has 0 spiro atoms. The SMILES string of the molecule is CCOCc1cc(CBr)ccc1Br. The van der Waals surface area contributed by atoms with Gasteiger partial charge in [-0.2, -0.15) is 0 Å². The lowest BCUT2D eigenvalue weighted by molar-refractivity contribution is 0.133. The van der Waals surface area contributed by atoms with Crippen molar-refractivity contribution in [2.24, 2.45) is 0 Å². The maximum Gasteiger partial charge on any atom is 0.0727 e. The van der Waals surface area contributed by atoms with E-state index in [2.05, 4.69) is 50.1 Å². The molecule has 0 aliphatic heterocycles. The molecule has 0 heterocycles. The second-order valence-electron chi connectivity index (χ2n) is 2.70. The number of hydrogen-bond acceptors (Lipinski definition) is 1. The topological polar surface area (TPSA) is 9.23 Å². The Labute approximate surface area is 95.7 Å². The second-order valence-corrected chi connectivity index (χ2v) is 4.11. The van der Waals surface area contributed by atoms with Crippen molar-refractivity contribution >= 4 is 31.9 Å². The van der Waals surface area contributed by atoms with Crippen LogP contribution in [0.25, 0.3) is 0 Å². The van der Waals surface area contributed by atoms with Crippen LogP contribution in [-0.4, -0.2) is 6.61 Å². The minimum absolute atomic E-state index is 0.678. The van der Waals surface area contributed by atoms with E-state index < -0.39 is 0 Å². The molecule has 13 heavy (non-hydrogen) atoms. The van der Waals surface area contributed by atoms with Gasteiger partial charge in [-0.25, -0.2) is 0 Å². The summed E-state index contributed by atoms with van der Waals surface area (Å²) in [6, 6.07) is 6.30. The minimum Gasteiger partial charge on any atom is -0.377 e. The molecule has 0 fully saturated rings. The highest BCUT2D eigenvalue weighted by molar-refractivity contribution is 9.10. The summed E-state index contributed by atoms with van der Waals surface area (Å²) < 4.78 is 6.47. The standard InChI is InChI=1S/C10H12Br2O/c1-2-13-7-9-5-8(6-11)3-4-10(9)12/h3-5H,2,6-7H2,1H3. The molecule has 1 aromatic rings. The minimum atomic E-state index is 0.678. The third kappa shape index (κ3) is 3.41. The molecule has 0 amide bonds. The lowest BCUT2D eigenvalue weighted by Crippen LogP contribution is -1.94. The fourth-order valence-electron chi connectivity index (χ4n) is 1.03. The number of ether oxygens (including phenoxy) is 1. The molecule has 0 saturated carbocycles. The van der Waals surface area contributed by atoms with Gasteiger partial charge in [0.1, 0.15) is 0 Å².